The Labute approximate surface area is 126 Å². The molecule has 0 aliphatic carbocycles. The lowest BCUT2D eigenvalue weighted by Crippen LogP contribution is -2.36. The van der Waals surface area contributed by atoms with Crippen molar-refractivity contribution >= 4 is 28.6 Å². The maximum Gasteiger partial charge on any atom is 0.238 e. The lowest BCUT2D eigenvalue weighted by molar-refractivity contribution is -0.117. The molecule has 0 bridgehead atoms. The van der Waals surface area contributed by atoms with Crippen LogP contribution in [-0.4, -0.2) is 23.9 Å². The lowest BCUT2D eigenvalue weighted by atomic mass is 10.1. The monoisotopic (exact) mass is 305 g/mol. The third kappa shape index (κ3) is 3.22. The molecule has 0 unspecified atom stereocenters. The van der Waals surface area contributed by atoms with E-state index in [0.29, 0.717) is 11.4 Å². The molecule has 0 saturated heterocycles. The van der Waals surface area contributed by atoms with Gasteiger partial charge in [0.25, 0.3) is 0 Å². The molecule has 0 spiro atoms. The van der Waals surface area contributed by atoms with Gasteiger partial charge in [-0.25, -0.2) is 4.39 Å². The van der Waals surface area contributed by atoms with Gasteiger partial charge in [-0.2, -0.15) is 0 Å². The number of thiophene rings is 1. The lowest BCUT2D eigenvalue weighted by Gasteiger charge is -2.26. The highest BCUT2D eigenvalue weighted by Crippen LogP contribution is 2.24. The molecule has 0 fully saturated rings. The van der Waals surface area contributed by atoms with Gasteiger partial charge in [-0.15, -0.1) is 11.3 Å². The first-order chi connectivity index (χ1) is 10.1. The Balaban J connectivity index is 1.61. The van der Waals surface area contributed by atoms with Gasteiger partial charge in [0, 0.05) is 18.0 Å². The van der Waals surface area contributed by atoms with Gasteiger partial charge < -0.3 is 11.1 Å². The molecule has 0 saturated carbocycles. The number of hydrogen-bond acceptors (Lipinski definition) is 4. The summed E-state index contributed by atoms with van der Waals surface area (Å²) in [6.45, 7) is 1.93. The number of nitrogen functional groups attached to an aromatic ring is 1. The summed E-state index contributed by atoms with van der Waals surface area (Å²) in [5, 5.41) is 4.76. The van der Waals surface area contributed by atoms with Crippen molar-refractivity contribution in [2.45, 2.75) is 13.0 Å². The van der Waals surface area contributed by atoms with E-state index >= 15 is 0 Å². The fraction of sp³-hybridized carbons (Fsp3) is 0.267. The van der Waals surface area contributed by atoms with Crippen molar-refractivity contribution in [1.82, 2.24) is 4.90 Å². The first-order valence-corrected chi connectivity index (χ1v) is 7.62. The summed E-state index contributed by atoms with van der Waals surface area (Å²) in [6, 6.07) is 6.06. The minimum Gasteiger partial charge on any atom is -0.397 e. The van der Waals surface area contributed by atoms with E-state index in [0.717, 1.165) is 19.5 Å². The van der Waals surface area contributed by atoms with Crippen LogP contribution in [-0.2, 0) is 17.8 Å². The van der Waals surface area contributed by atoms with Crippen LogP contribution in [0.25, 0.3) is 0 Å². The molecule has 1 aromatic carbocycles. The molecule has 4 nitrogen and oxygen atoms in total. The van der Waals surface area contributed by atoms with Crippen molar-refractivity contribution in [3.8, 4) is 0 Å². The van der Waals surface area contributed by atoms with Crippen LogP contribution in [0.5, 0.6) is 0 Å². The summed E-state index contributed by atoms with van der Waals surface area (Å²) >= 11 is 1.77. The fourth-order valence-electron chi connectivity index (χ4n) is 2.47. The van der Waals surface area contributed by atoms with Crippen LogP contribution < -0.4 is 11.1 Å². The average molecular weight is 305 g/mol. The molecule has 2 heterocycles. The molecule has 1 amide bonds. The average Bonchev–Trinajstić information content (AvgIpc) is 2.90. The zero-order valence-electron chi connectivity index (χ0n) is 11.4. The number of anilines is 2. The zero-order chi connectivity index (χ0) is 14.8. The first kappa shape index (κ1) is 14.0. The Morgan fingerprint density at radius 3 is 3.14 bits per heavy atom. The van der Waals surface area contributed by atoms with E-state index in [9.17, 15) is 9.18 Å². The van der Waals surface area contributed by atoms with E-state index < -0.39 is 5.82 Å². The smallest absolute Gasteiger partial charge is 0.238 e. The minimum atomic E-state index is -0.416. The molecular formula is C15H16FN3OS. The topological polar surface area (TPSA) is 58.4 Å². The Bertz CT molecular complexity index is 671. The number of nitrogens with zero attached hydrogens (tertiary/aromatic N) is 1. The predicted molar refractivity (Wildman–Crippen MR) is 82.7 cm³/mol. The SMILES string of the molecule is Nc1ccc(F)cc1NC(=O)CN1CCc2sccc2C1. The molecular weight excluding hydrogens is 289 g/mol. The third-order valence-corrected chi connectivity index (χ3v) is 4.57. The van der Waals surface area contributed by atoms with Crippen LogP contribution in [0.15, 0.2) is 29.6 Å². The molecule has 21 heavy (non-hydrogen) atoms. The number of halogens is 1. The normalized spacial score (nSPS) is 14.7. The van der Waals surface area contributed by atoms with Gasteiger partial charge in [0.15, 0.2) is 0 Å². The van der Waals surface area contributed by atoms with E-state index in [1.165, 1.54) is 28.6 Å². The van der Waals surface area contributed by atoms with E-state index in [1.807, 2.05) is 0 Å². The van der Waals surface area contributed by atoms with Crippen LogP contribution >= 0.6 is 11.3 Å². The van der Waals surface area contributed by atoms with Crippen LogP contribution in [0.1, 0.15) is 10.4 Å². The zero-order valence-corrected chi connectivity index (χ0v) is 12.3. The highest BCUT2D eigenvalue weighted by Gasteiger charge is 2.19. The van der Waals surface area contributed by atoms with Gasteiger partial charge in [0.1, 0.15) is 5.82 Å². The summed E-state index contributed by atoms with van der Waals surface area (Å²) in [5.74, 6) is -0.591. The van der Waals surface area contributed by atoms with Crippen LogP contribution in [0, 0.1) is 5.82 Å². The number of carbonyl (C=O) groups excluding carboxylic acids is 1. The standard InChI is InChI=1S/C15H16FN3OS/c16-11-1-2-12(17)13(7-11)18-15(20)9-19-5-3-14-10(8-19)4-6-21-14/h1-2,4,6-7H,3,5,8-9,17H2,(H,18,20). The van der Waals surface area contributed by atoms with E-state index in [2.05, 4.69) is 21.7 Å². The molecule has 2 aromatic rings. The third-order valence-electron chi connectivity index (χ3n) is 3.54. The quantitative estimate of drug-likeness (QED) is 0.857. The Morgan fingerprint density at radius 2 is 2.29 bits per heavy atom. The van der Waals surface area contributed by atoms with Gasteiger partial charge in [-0.3, -0.25) is 9.69 Å². The molecule has 1 aliphatic heterocycles. The van der Waals surface area contributed by atoms with E-state index in [4.69, 9.17) is 5.73 Å². The molecule has 1 aliphatic rings. The summed E-state index contributed by atoms with van der Waals surface area (Å²) in [5.41, 5.74) is 7.71. The Hall–Kier alpha value is -1.92. The Morgan fingerprint density at radius 1 is 1.43 bits per heavy atom. The summed E-state index contributed by atoms with van der Waals surface area (Å²) < 4.78 is 13.2. The number of rotatable bonds is 3. The van der Waals surface area contributed by atoms with Crippen LogP contribution in [0.4, 0.5) is 15.8 Å². The number of carbonyl (C=O) groups is 1. The number of benzene rings is 1. The molecule has 3 rings (SSSR count). The number of nitrogens with two attached hydrogens (primary N) is 1. The van der Waals surface area contributed by atoms with Crippen molar-refractivity contribution in [1.29, 1.82) is 0 Å². The maximum absolute atomic E-state index is 13.2. The van der Waals surface area contributed by atoms with Gasteiger partial charge in [0.2, 0.25) is 5.91 Å². The van der Waals surface area contributed by atoms with E-state index in [1.54, 1.807) is 11.3 Å². The molecule has 0 radical (unpaired) electrons. The number of amides is 1. The summed E-state index contributed by atoms with van der Waals surface area (Å²) in [7, 11) is 0. The predicted octanol–water partition coefficient (Wildman–Crippen LogP) is 2.47. The number of nitrogens with one attached hydrogen (secondary N) is 1. The van der Waals surface area contributed by atoms with Crippen molar-refractivity contribution < 1.29 is 9.18 Å². The largest absolute Gasteiger partial charge is 0.397 e. The van der Waals surface area contributed by atoms with E-state index in [-0.39, 0.29) is 12.5 Å². The molecule has 6 heteroatoms. The highest BCUT2D eigenvalue weighted by atomic mass is 32.1. The second-order valence-electron chi connectivity index (χ2n) is 5.11. The van der Waals surface area contributed by atoms with Crippen molar-refractivity contribution in [2.75, 3.05) is 24.1 Å². The Kier molecular flexibility index (Phi) is 3.90. The van der Waals surface area contributed by atoms with Crippen molar-refractivity contribution in [3.05, 3.63) is 45.9 Å². The van der Waals surface area contributed by atoms with Gasteiger partial charge in [0.05, 0.1) is 17.9 Å². The summed E-state index contributed by atoms with van der Waals surface area (Å²) in [6.07, 6.45) is 0.975. The van der Waals surface area contributed by atoms with Gasteiger partial charge >= 0.3 is 0 Å². The summed E-state index contributed by atoms with van der Waals surface area (Å²) in [4.78, 5) is 15.6. The minimum absolute atomic E-state index is 0.175. The molecule has 0 atom stereocenters. The molecule has 1 aromatic heterocycles. The second kappa shape index (κ2) is 5.83. The van der Waals surface area contributed by atoms with Crippen molar-refractivity contribution in [3.63, 3.8) is 0 Å². The fourth-order valence-corrected chi connectivity index (χ4v) is 3.36. The molecule has 3 N–H and O–H groups in total. The van der Waals surface area contributed by atoms with Gasteiger partial charge in [-0.05, 0) is 41.6 Å². The number of hydrogen-bond donors (Lipinski definition) is 2. The van der Waals surface area contributed by atoms with Crippen LogP contribution in [0.3, 0.4) is 0 Å². The van der Waals surface area contributed by atoms with Crippen molar-refractivity contribution in [2.24, 2.45) is 0 Å². The first-order valence-electron chi connectivity index (χ1n) is 6.74. The van der Waals surface area contributed by atoms with Crippen LogP contribution in [0.2, 0.25) is 0 Å². The second-order valence-corrected chi connectivity index (χ2v) is 6.11. The molecule has 110 valence electrons. The highest BCUT2D eigenvalue weighted by molar-refractivity contribution is 7.10. The maximum atomic E-state index is 13.2. The van der Waals surface area contributed by atoms with Gasteiger partial charge in [-0.1, -0.05) is 0 Å². The number of fused-ring (bicyclic) bond motifs is 1.